The summed E-state index contributed by atoms with van der Waals surface area (Å²) in [6.07, 6.45) is 2.99. The average molecular weight is 524 g/mol. The first-order chi connectivity index (χ1) is 18.5. The summed E-state index contributed by atoms with van der Waals surface area (Å²) in [5.41, 5.74) is 7.94. The maximum Gasteiger partial charge on any atom is 0.127 e. The minimum absolute atomic E-state index is 0.00585. The third-order valence-electron chi connectivity index (χ3n) is 7.49. The Morgan fingerprint density at radius 1 is 0.711 bits per heavy atom. The standard InChI is InChI=1S/C35H42NOP/c1-6-35(7-2,38-34-27(3)16-14-22-31(34)25-36(4)5)32-23-15-21-30(24-28-17-10-8-11-18-28)33(32)37-26-29-19-12-9-13-20-29/h8-23,38H,6-7,24-26H2,1-5H3. The van der Waals surface area contributed by atoms with E-state index in [-0.39, 0.29) is 5.16 Å². The lowest BCUT2D eigenvalue weighted by Crippen LogP contribution is -2.26. The molecule has 38 heavy (non-hydrogen) atoms. The summed E-state index contributed by atoms with van der Waals surface area (Å²) < 4.78 is 6.80. The van der Waals surface area contributed by atoms with Crippen LogP contribution in [0.25, 0.3) is 0 Å². The van der Waals surface area contributed by atoms with Crippen LogP contribution in [0.15, 0.2) is 97.1 Å². The number of rotatable bonds is 12. The van der Waals surface area contributed by atoms with Gasteiger partial charge in [-0.05, 0) is 67.0 Å². The molecule has 0 amide bonds. The number of nitrogens with zero attached hydrogens (tertiary/aromatic N) is 1. The molecular formula is C35H42NOP. The van der Waals surface area contributed by atoms with Gasteiger partial charge in [-0.25, -0.2) is 0 Å². The summed E-state index contributed by atoms with van der Waals surface area (Å²) in [5, 5.41) is 1.51. The van der Waals surface area contributed by atoms with E-state index < -0.39 is 0 Å². The van der Waals surface area contributed by atoms with Crippen LogP contribution in [0.3, 0.4) is 0 Å². The number of ether oxygens (including phenoxy) is 1. The van der Waals surface area contributed by atoms with Gasteiger partial charge in [-0.3, -0.25) is 0 Å². The predicted molar refractivity (Wildman–Crippen MR) is 165 cm³/mol. The van der Waals surface area contributed by atoms with Crippen molar-refractivity contribution in [1.29, 1.82) is 0 Å². The fourth-order valence-electron chi connectivity index (χ4n) is 5.31. The summed E-state index contributed by atoms with van der Waals surface area (Å²) in [6.45, 7) is 8.51. The van der Waals surface area contributed by atoms with Crippen molar-refractivity contribution >= 4 is 13.9 Å². The maximum absolute atomic E-state index is 6.80. The first kappa shape index (κ1) is 28.1. The Morgan fingerprint density at radius 2 is 1.32 bits per heavy atom. The lowest BCUT2D eigenvalue weighted by molar-refractivity contribution is 0.295. The zero-order valence-electron chi connectivity index (χ0n) is 23.6. The third kappa shape index (κ3) is 6.73. The Balaban J connectivity index is 1.81. The summed E-state index contributed by atoms with van der Waals surface area (Å²) in [4.78, 5) is 2.28. The highest BCUT2D eigenvalue weighted by atomic mass is 31.1. The van der Waals surface area contributed by atoms with Gasteiger partial charge in [0.2, 0.25) is 0 Å². The molecule has 0 aromatic heterocycles. The largest absolute Gasteiger partial charge is 0.488 e. The van der Waals surface area contributed by atoms with Crippen molar-refractivity contribution in [1.82, 2.24) is 4.90 Å². The fourth-order valence-corrected chi connectivity index (χ4v) is 7.08. The minimum atomic E-state index is 0.00585. The van der Waals surface area contributed by atoms with Crippen LogP contribution in [0.2, 0.25) is 0 Å². The molecular weight excluding hydrogens is 481 g/mol. The van der Waals surface area contributed by atoms with Crippen molar-refractivity contribution in [3.05, 3.63) is 130 Å². The fraction of sp³-hybridized carbons (Fsp3) is 0.314. The van der Waals surface area contributed by atoms with E-state index in [4.69, 9.17) is 4.74 Å². The van der Waals surface area contributed by atoms with Gasteiger partial charge >= 0.3 is 0 Å². The number of benzene rings is 4. The Morgan fingerprint density at radius 3 is 1.95 bits per heavy atom. The molecule has 2 nitrogen and oxygen atoms in total. The van der Waals surface area contributed by atoms with E-state index in [2.05, 4.69) is 137 Å². The molecule has 4 aromatic rings. The Kier molecular flexibility index (Phi) is 9.78. The van der Waals surface area contributed by atoms with Crippen LogP contribution in [0.4, 0.5) is 0 Å². The van der Waals surface area contributed by atoms with Crippen LogP contribution >= 0.6 is 8.58 Å². The third-order valence-corrected chi connectivity index (χ3v) is 9.91. The van der Waals surface area contributed by atoms with Crippen LogP contribution < -0.4 is 10.0 Å². The quantitative estimate of drug-likeness (QED) is 0.173. The second-order valence-electron chi connectivity index (χ2n) is 10.5. The molecule has 0 N–H and O–H groups in total. The molecule has 4 aromatic carbocycles. The number of para-hydroxylation sites is 1. The summed E-state index contributed by atoms with van der Waals surface area (Å²) >= 11 is 0. The molecule has 0 bridgehead atoms. The molecule has 1 atom stereocenters. The Hall–Kier alpha value is -2.93. The smallest absolute Gasteiger partial charge is 0.127 e. The monoisotopic (exact) mass is 523 g/mol. The number of hydrogen-bond donors (Lipinski definition) is 0. The molecule has 0 saturated carbocycles. The van der Waals surface area contributed by atoms with E-state index >= 15 is 0 Å². The highest BCUT2D eigenvalue weighted by molar-refractivity contribution is 7.48. The van der Waals surface area contributed by atoms with Crippen LogP contribution in [-0.2, 0) is 24.7 Å². The molecule has 0 aliphatic rings. The molecule has 0 heterocycles. The van der Waals surface area contributed by atoms with E-state index in [9.17, 15) is 0 Å². The van der Waals surface area contributed by atoms with Gasteiger partial charge in [-0.2, -0.15) is 0 Å². The molecule has 3 heteroatoms. The zero-order chi connectivity index (χ0) is 27.0. The molecule has 1 unspecified atom stereocenters. The van der Waals surface area contributed by atoms with Gasteiger partial charge in [0.25, 0.3) is 0 Å². The topological polar surface area (TPSA) is 12.5 Å². The highest BCUT2D eigenvalue weighted by Crippen LogP contribution is 2.51. The summed E-state index contributed by atoms with van der Waals surface area (Å²) in [7, 11) is 4.98. The van der Waals surface area contributed by atoms with Crippen LogP contribution in [-0.4, -0.2) is 19.0 Å². The van der Waals surface area contributed by atoms with Gasteiger partial charge in [0.05, 0.1) is 0 Å². The number of aryl methyl sites for hydroxylation is 1. The van der Waals surface area contributed by atoms with E-state index in [0.29, 0.717) is 15.2 Å². The summed E-state index contributed by atoms with van der Waals surface area (Å²) in [5.74, 6) is 1.07. The first-order valence-electron chi connectivity index (χ1n) is 13.8. The Labute approximate surface area is 231 Å². The van der Waals surface area contributed by atoms with Gasteiger partial charge < -0.3 is 9.64 Å². The van der Waals surface area contributed by atoms with Crippen molar-refractivity contribution in [2.24, 2.45) is 0 Å². The minimum Gasteiger partial charge on any atom is -0.488 e. The molecule has 0 radical (unpaired) electrons. The molecule has 0 saturated heterocycles. The van der Waals surface area contributed by atoms with Gasteiger partial charge in [0.1, 0.15) is 12.4 Å². The molecule has 0 aliphatic heterocycles. The van der Waals surface area contributed by atoms with Gasteiger partial charge in [-0.1, -0.05) is 119 Å². The normalized spacial score (nSPS) is 11.9. The molecule has 0 aliphatic carbocycles. The van der Waals surface area contributed by atoms with Crippen LogP contribution in [0.5, 0.6) is 5.75 Å². The van der Waals surface area contributed by atoms with Crippen molar-refractivity contribution in [3.8, 4) is 5.75 Å². The highest BCUT2D eigenvalue weighted by Gasteiger charge is 2.34. The second-order valence-corrected chi connectivity index (χ2v) is 12.2. The lowest BCUT2D eigenvalue weighted by atomic mass is 9.89. The maximum atomic E-state index is 6.80. The van der Waals surface area contributed by atoms with E-state index in [0.717, 1.165) is 31.6 Å². The SMILES string of the molecule is CCC(CC)(Pc1c(C)cccc1CN(C)C)c1cccc(Cc2ccccc2)c1OCc1ccccc1. The van der Waals surface area contributed by atoms with E-state index in [1.54, 1.807) is 0 Å². The van der Waals surface area contributed by atoms with Crippen molar-refractivity contribution in [3.63, 3.8) is 0 Å². The Bertz CT molecular complexity index is 1300. The van der Waals surface area contributed by atoms with E-state index in [1.165, 1.54) is 38.7 Å². The molecule has 0 spiro atoms. The van der Waals surface area contributed by atoms with E-state index in [1.807, 2.05) is 0 Å². The molecule has 0 fully saturated rings. The number of hydrogen-bond acceptors (Lipinski definition) is 2. The predicted octanol–water partition coefficient (Wildman–Crippen LogP) is 8.25. The van der Waals surface area contributed by atoms with Gasteiger partial charge in [0.15, 0.2) is 0 Å². The average Bonchev–Trinajstić information content (AvgIpc) is 2.93. The second kappa shape index (κ2) is 13.2. The van der Waals surface area contributed by atoms with Gasteiger partial charge in [0, 0.05) is 23.7 Å². The summed E-state index contributed by atoms with van der Waals surface area (Å²) in [6, 6.07) is 34.9. The zero-order valence-corrected chi connectivity index (χ0v) is 24.6. The van der Waals surface area contributed by atoms with Crippen LogP contribution in [0.1, 0.15) is 60.1 Å². The molecule has 4 rings (SSSR count). The molecule has 198 valence electrons. The lowest BCUT2D eigenvalue weighted by Gasteiger charge is -2.36. The van der Waals surface area contributed by atoms with Crippen molar-refractivity contribution in [2.75, 3.05) is 14.1 Å². The van der Waals surface area contributed by atoms with Gasteiger partial charge in [-0.15, -0.1) is 0 Å². The van der Waals surface area contributed by atoms with Crippen molar-refractivity contribution in [2.45, 2.75) is 58.3 Å². The first-order valence-corrected chi connectivity index (χ1v) is 14.8. The van der Waals surface area contributed by atoms with Crippen LogP contribution in [0, 0.1) is 6.92 Å². The van der Waals surface area contributed by atoms with Crippen molar-refractivity contribution < 1.29 is 4.74 Å².